The molecule has 0 spiro atoms. The van der Waals surface area contributed by atoms with Gasteiger partial charge in [-0.2, -0.15) is 4.98 Å². The van der Waals surface area contributed by atoms with Crippen LogP contribution in [0.15, 0.2) is 66.9 Å². The first-order valence-electron chi connectivity index (χ1n) is 6.33. The lowest BCUT2D eigenvalue weighted by molar-refractivity contribution is 1.19. The van der Waals surface area contributed by atoms with E-state index in [9.17, 15) is 0 Å². The van der Waals surface area contributed by atoms with Crippen LogP contribution in [0.3, 0.4) is 0 Å². The third-order valence-electron chi connectivity index (χ3n) is 2.93. The third-order valence-corrected chi connectivity index (χ3v) is 2.93. The Labute approximate surface area is 117 Å². The number of benzene rings is 2. The Morgan fingerprint density at radius 1 is 0.850 bits per heavy atom. The van der Waals surface area contributed by atoms with Crippen molar-refractivity contribution in [3.05, 3.63) is 66.9 Å². The van der Waals surface area contributed by atoms with Gasteiger partial charge in [-0.1, -0.05) is 48.5 Å². The van der Waals surface area contributed by atoms with Gasteiger partial charge in [-0.3, -0.25) is 0 Å². The highest BCUT2D eigenvalue weighted by Crippen LogP contribution is 2.28. The fraction of sp³-hybridized carbons (Fsp3) is 0. The number of nitrogens with two attached hydrogens (primary N) is 1. The van der Waals surface area contributed by atoms with E-state index in [2.05, 4.69) is 15.3 Å². The van der Waals surface area contributed by atoms with Crippen molar-refractivity contribution in [1.29, 1.82) is 0 Å². The van der Waals surface area contributed by atoms with Crippen LogP contribution in [0.4, 0.5) is 17.5 Å². The average Bonchev–Trinajstić information content (AvgIpc) is 2.49. The number of nitrogens with zero attached hydrogens (tertiary/aromatic N) is 2. The molecule has 0 aliphatic heterocycles. The lowest BCUT2D eigenvalue weighted by Gasteiger charge is -2.11. The second kappa shape index (κ2) is 5.40. The molecular formula is C16H14N4. The maximum absolute atomic E-state index is 5.70. The second-order valence-corrected chi connectivity index (χ2v) is 4.35. The summed E-state index contributed by atoms with van der Waals surface area (Å²) < 4.78 is 0. The van der Waals surface area contributed by atoms with Crippen LogP contribution in [0.25, 0.3) is 11.1 Å². The molecule has 0 atom stereocenters. The molecule has 0 saturated heterocycles. The third kappa shape index (κ3) is 2.59. The fourth-order valence-electron chi connectivity index (χ4n) is 1.98. The Kier molecular flexibility index (Phi) is 3.29. The van der Waals surface area contributed by atoms with E-state index in [1.807, 2.05) is 60.7 Å². The molecule has 20 heavy (non-hydrogen) atoms. The van der Waals surface area contributed by atoms with E-state index in [1.165, 1.54) is 0 Å². The van der Waals surface area contributed by atoms with Crippen LogP contribution < -0.4 is 11.1 Å². The molecule has 0 unspecified atom stereocenters. The summed E-state index contributed by atoms with van der Waals surface area (Å²) in [5.74, 6) is 0.956. The van der Waals surface area contributed by atoms with Gasteiger partial charge in [0.2, 0.25) is 5.95 Å². The summed E-state index contributed by atoms with van der Waals surface area (Å²) in [6.07, 6.45) is 1.74. The SMILES string of the molecule is Nc1ncc(-c2ccccc2)c(Nc2ccccc2)n1. The number of rotatable bonds is 3. The van der Waals surface area contributed by atoms with Gasteiger partial charge in [-0.05, 0) is 17.7 Å². The molecule has 0 radical (unpaired) electrons. The molecule has 0 fully saturated rings. The summed E-state index contributed by atoms with van der Waals surface area (Å²) in [5, 5.41) is 3.28. The number of hydrogen-bond acceptors (Lipinski definition) is 4. The fourth-order valence-corrected chi connectivity index (χ4v) is 1.98. The van der Waals surface area contributed by atoms with Crippen molar-refractivity contribution in [2.45, 2.75) is 0 Å². The minimum Gasteiger partial charge on any atom is -0.368 e. The first-order chi connectivity index (χ1) is 9.83. The Balaban J connectivity index is 2.03. The van der Waals surface area contributed by atoms with E-state index < -0.39 is 0 Å². The highest BCUT2D eigenvalue weighted by atomic mass is 15.1. The topological polar surface area (TPSA) is 63.8 Å². The molecule has 0 amide bonds. The van der Waals surface area contributed by atoms with Crippen molar-refractivity contribution >= 4 is 17.5 Å². The number of hydrogen-bond donors (Lipinski definition) is 2. The van der Waals surface area contributed by atoms with Gasteiger partial charge in [-0.25, -0.2) is 4.98 Å². The number of anilines is 3. The van der Waals surface area contributed by atoms with E-state index in [4.69, 9.17) is 5.73 Å². The predicted octanol–water partition coefficient (Wildman–Crippen LogP) is 3.47. The Bertz CT molecular complexity index is 696. The molecular weight excluding hydrogens is 248 g/mol. The maximum atomic E-state index is 5.70. The number of para-hydroxylation sites is 1. The summed E-state index contributed by atoms with van der Waals surface area (Å²) in [7, 11) is 0. The summed E-state index contributed by atoms with van der Waals surface area (Å²) >= 11 is 0. The highest BCUT2D eigenvalue weighted by Gasteiger charge is 2.08. The van der Waals surface area contributed by atoms with Gasteiger partial charge in [0, 0.05) is 17.4 Å². The van der Waals surface area contributed by atoms with Gasteiger partial charge in [-0.15, -0.1) is 0 Å². The quantitative estimate of drug-likeness (QED) is 0.758. The van der Waals surface area contributed by atoms with E-state index >= 15 is 0 Å². The van der Waals surface area contributed by atoms with Crippen molar-refractivity contribution in [3.63, 3.8) is 0 Å². The second-order valence-electron chi connectivity index (χ2n) is 4.35. The molecule has 0 bridgehead atoms. The average molecular weight is 262 g/mol. The van der Waals surface area contributed by atoms with Crippen molar-refractivity contribution in [3.8, 4) is 11.1 Å². The molecule has 2 aromatic carbocycles. The molecule has 98 valence electrons. The van der Waals surface area contributed by atoms with Crippen molar-refractivity contribution < 1.29 is 0 Å². The number of nitrogens with one attached hydrogen (secondary N) is 1. The van der Waals surface area contributed by atoms with Gasteiger partial charge >= 0.3 is 0 Å². The molecule has 1 aromatic heterocycles. The molecule has 3 aromatic rings. The van der Waals surface area contributed by atoms with Crippen LogP contribution >= 0.6 is 0 Å². The smallest absolute Gasteiger partial charge is 0.221 e. The normalized spacial score (nSPS) is 10.2. The Morgan fingerprint density at radius 2 is 1.50 bits per heavy atom. The summed E-state index contributed by atoms with van der Waals surface area (Å²) in [4.78, 5) is 8.38. The Morgan fingerprint density at radius 3 is 2.20 bits per heavy atom. The monoisotopic (exact) mass is 262 g/mol. The molecule has 4 nitrogen and oxygen atoms in total. The molecule has 3 rings (SSSR count). The number of aromatic nitrogens is 2. The first kappa shape index (κ1) is 12.2. The highest BCUT2D eigenvalue weighted by molar-refractivity contribution is 5.78. The predicted molar refractivity (Wildman–Crippen MR) is 81.6 cm³/mol. The minimum atomic E-state index is 0.253. The van der Waals surface area contributed by atoms with Gasteiger partial charge in [0.05, 0.1) is 0 Å². The molecule has 1 heterocycles. The lowest BCUT2D eigenvalue weighted by atomic mass is 10.1. The summed E-state index contributed by atoms with van der Waals surface area (Å²) in [5.41, 5.74) is 8.63. The van der Waals surface area contributed by atoms with Crippen LogP contribution in [0.5, 0.6) is 0 Å². The van der Waals surface area contributed by atoms with Crippen LogP contribution in [-0.4, -0.2) is 9.97 Å². The van der Waals surface area contributed by atoms with Crippen molar-refractivity contribution in [2.24, 2.45) is 0 Å². The zero-order valence-electron chi connectivity index (χ0n) is 10.8. The van der Waals surface area contributed by atoms with Crippen LogP contribution in [0, 0.1) is 0 Å². The standard InChI is InChI=1S/C16H14N4/c17-16-18-11-14(12-7-3-1-4-8-12)15(20-16)19-13-9-5-2-6-10-13/h1-11H,(H3,17,18,19,20). The van der Waals surface area contributed by atoms with Gasteiger partial charge in [0.1, 0.15) is 5.82 Å². The van der Waals surface area contributed by atoms with Crippen LogP contribution in [0.2, 0.25) is 0 Å². The Hall–Kier alpha value is -2.88. The maximum Gasteiger partial charge on any atom is 0.221 e. The first-order valence-corrected chi connectivity index (χ1v) is 6.33. The number of nitrogen functional groups attached to an aromatic ring is 1. The molecule has 0 saturated carbocycles. The zero-order chi connectivity index (χ0) is 13.8. The van der Waals surface area contributed by atoms with Crippen molar-refractivity contribution in [2.75, 3.05) is 11.1 Å². The van der Waals surface area contributed by atoms with Crippen LogP contribution in [0.1, 0.15) is 0 Å². The van der Waals surface area contributed by atoms with Gasteiger partial charge < -0.3 is 11.1 Å². The van der Waals surface area contributed by atoms with E-state index in [0.717, 1.165) is 16.8 Å². The lowest BCUT2D eigenvalue weighted by Crippen LogP contribution is -2.01. The molecule has 3 N–H and O–H groups in total. The van der Waals surface area contributed by atoms with Gasteiger partial charge in [0.15, 0.2) is 0 Å². The zero-order valence-corrected chi connectivity index (χ0v) is 10.8. The largest absolute Gasteiger partial charge is 0.368 e. The van der Waals surface area contributed by atoms with Gasteiger partial charge in [0.25, 0.3) is 0 Å². The molecule has 0 aliphatic rings. The summed E-state index contributed by atoms with van der Waals surface area (Å²) in [6.45, 7) is 0. The molecule has 0 aliphatic carbocycles. The van der Waals surface area contributed by atoms with E-state index in [1.54, 1.807) is 6.20 Å². The summed E-state index contributed by atoms with van der Waals surface area (Å²) in [6, 6.07) is 19.8. The van der Waals surface area contributed by atoms with Crippen molar-refractivity contribution in [1.82, 2.24) is 9.97 Å². The molecule has 4 heteroatoms. The van der Waals surface area contributed by atoms with Crippen LogP contribution in [-0.2, 0) is 0 Å². The minimum absolute atomic E-state index is 0.253. The van der Waals surface area contributed by atoms with E-state index in [0.29, 0.717) is 5.82 Å². The van der Waals surface area contributed by atoms with E-state index in [-0.39, 0.29) is 5.95 Å².